The summed E-state index contributed by atoms with van der Waals surface area (Å²) in [6.07, 6.45) is 0.926. The highest BCUT2D eigenvalue weighted by molar-refractivity contribution is 9.10. The zero-order valence-electron chi connectivity index (χ0n) is 11.5. The fourth-order valence-corrected chi connectivity index (χ4v) is 3.19. The third-order valence-corrected chi connectivity index (χ3v) is 4.37. The maximum Gasteiger partial charge on any atom is 0.133 e. The first-order valence-corrected chi connectivity index (χ1v) is 7.97. The van der Waals surface area contributed by atoms with Crippen LogP contribution in [-0.2, 0) is 6.42 Å². The quantitative estimate of drug-likeness (QED) is 0.786. The van der Waals surface area contributed by atoms with Crippen LogP contribution >= 0.6 is 31.9 Å². The standard InChI is InChI=1S/C16H17Br2NO/c1-19-15(12-4-3-5-13(17)10-12)9-11-6-7-16(20-2)14(18)8-11/h3-8,10,15,19H,9H2,1-2H3. The van der Waals surface area contributed by atoms with E-state index in [1.807, 2.05) is 19.2 Å². The molecule has 0 saturated carbocycles. The van der Waals surface area contributed by atoms with E-state index in [2.05, 4.69) is 67.5 Å². The van der Waals surface area contributed by atoms with Gasteiger partial charge < -0.3 is 10.1 Å². The van der Waals surface area contributed by atoms with Crippen LogP contribution in [0.1, 0.15) is 17.2 Å². The zero-order chi connectivity index (χ0) is 14.5. The molecule has 1 N–H and O–H groups in total. The van der Waals surface area contributed by atoms with Gasteiger partial charge in [0.15, 0.2) is 0 Å². The maximum atomic E-state index is 5.26. The lowest BCUT2D eigenvalue weighted by Crippen LogP contribution is -2.18. The Hall–Kier alpha value is -0.840. The van der Waals surface area contributed by atoms with Gasteiger partial charge in [0, 0.05) is 10.5 Å². The number of nitrogens with one attached hydrogen (secondary N) is 1. The second-order valence-corrected chi connectivity index (χ2v) is 6.34. The molecule has 0 aliphatic heterocycles. The average Bonchev–Trinajstić information content (AvgIpc) is 2.45. The van der Waals surface area contributed by atoms with Gasteiger partial charge in [0.25, 0.3) is 0 Å². The minimum absolute atomic E-state index is 0.285. The minimum atomic E-state index is 0.285. The van der Waals surface area contributed by atoms with Crippen molar-refractivity contribution in [3.63, 3.8) is 0 Å². The van der Waals surface area contributed by atoms with E-state index in [1.165, 1.54) is 11.1 Å². The van der Waals surface area contributed by atoms with Gasteiger partial charge in [0.05, 0.1) is 11.6 Å². The molecule has 2 rings (SSSR count). The van der Waals surface area contributed by atoms with Crippen LogP contribution in [0.3, 0.4) is 0 Å². The van der Waals surface area contributed by atoms with E-state index < -0.39 is 0 Å². The van der Waals surface area contributed by atoms with E-state index >= 15 is 0 Å². The predicted octanol–water partition coefficient (Wildman–Crippen LogP) is 4.72. The van der Waals surface area contributed by atoms with Crippen LogP contribution < -0.4 is 10.1 Å². The Bertz CT molecular complexity index is 586. The molecule has 2 aromatic rings. The minimum Gasteiger partial charge on any atom is -0.496 e. The summed E-state index contributed by atoms with van der Waals surface area (Å²) in [5, 5.41) is 3.37. The first-order chi connectivity index (χ1) is 9.63. The molecule has 0 aromatic heterocycles. The Morgan fingerprint density at radius 2 is 1.95 bits per heavy atom. The fourth-order valence-electron chi connectivity index (χ4n) is 2.18. The van der Waals surface area contributed by atoms with Gasteiger partial charge >= 0.3 is 0 Å². The largest absolute Gasteiger partial charge is 0.496 e. The topological polar surface area (TPSA) is 21.3 Å². The van der Waals surface area contributed by atoms with Gasteiger partial charge in [-0.2, -0.15) is 0 Å². The van der Waals surface area contributed by atoms with E-state index in [-0.39, 0.29) is 6.04 Å². The van der Waals surface area contributed by atoms with E-state index in [1.54, 1.807) is 7.11 Å². The average molecular weight is 399 g/mol. The van der Waals surface area contributed by atoms with E-state index in [0.29, 0.717) is 0 Å². The normalized spacial score (nSPS) is 12.2. The molecular weight excluding hydrogens is 382 g/mol. The molecular formula is C16H17Br2NO. The van der Waals surface area contributed by atoms with Gasteiger partial charge in [-0.3, -0.25) is 0 Å². The van der Waals surface area contributed by atoms with Crippen LogP contribution in [0.4, 0.5) is 0 Å². The molecule has 4 heteroatoms. The molecule has 2 nitrogen and oxygen atoms in total. The van der Waals surface area contributed by atoms with Gasteiger partial charge in [0.2, 0.25) is 0 Å². The summed E-state index contributed by atoms with van der Waals surface area (Å²) in [5.41, 5.74) is 2.53. The third-order valence-electron chi connectivity index (χ3n) is 3.26. The summed E-state index contributed by atoms with van der Waals surface area (Å²) in [6.45, 7) is 0. The molecule has 0 saturated heterocycles. The molecule has 0 amide bonds. The number of benzene rings is 2. The Morgan fingerprint density at radius 3 is 2.55 bits per heavy atom. The summed E-state index contributed by atoms with van der Waals surface area (Å²) in [7, 11) is 3.67. The van der Waals surface area contributed by atoms with Crippen molar-refractivity contribution in [1.82, 2.24) is 5.32 Å². The second-order valence-electron chi connectivity index (χ2n) is 4.57. The summed E-state index contributed by atoms with van der Waals surface area (Å²) in [5.74, 6) is 0.859. The summed E-state index contributed by atoms with van der Waals surface area (Å²) < 4.78 is 7.35. The highest BCUT2D eigenvalue weighted by Gasteiger charge is 2.11. The Labute approximate surface area is 136 Å². The molecule has 0 heterocycles. The second kappa shape index (κ2) is 7.25. The van der Waals surface area contributed by atoms with Crippen LogP contribution in [0.2, 0.25) is 0 Å². The molecule has 106 valence electrons. The molecule has 0 aliphatic rings. The van der Waals surface area contributed by atoms with Crippen molar-refractivity contribution >= 4 is 31.9 Å². The van der Waals surface area contributed by atoms with Crippen molar-refractivity contribution in [2.24, 2.45) is 0 Å². The summed E-state index contributed by atoms with van der Waals surface area (Å²) >= 11 is 7.06. The maximum absolute atomic E-state index is 5.26. The zero-order valence-corrected chi connectivity index (χ0v) is 14.7. The Balaban J connectivity index is 2.20. The van der Waals surface area contributed by atoms with Crippen LogP contribution in [0.5, 0.6) is 5.75 Å². The molecule has 1 unspecified atom stereocenters. The molecule has 0 spiro atoms. The lowest BCUT2D eigenvalue weighted by molar-refractivity contribution is 0.412. The monoisotopic (exact) mass is 397 g/mol. The molecule has 0 aliphatic carbocycles. The fraction of sp³-hybridized carbons (Fsp3) is 0.250. The number of hydrogen-bond donors (Lipinski definition) is 1. The van der Waals surface area contributed by atoms with Crippen molar-refractivity contribution in [2.45, 2.75) is 12.5 Å². The van der Waals surface area contributed by atoms with E-state index in [0.717, 1.165) is 21.1 Å². The number of methoxy groups -OCH3 is 1. The SMILES string of the molecule is CNC(Cc1ccc(OC)c(Br)c1)c1cccc(Br)c1. The molecule has 0 bridgehead atoms. The number of ether oxygens (including phenoxy) is 1. The predicted molar refractivity (Wildman–Crippen MR) is 90.3 cm³/mol. The highest BCUT2D eigenvalue weighted by Crippen LogP contribution is 2.28. The van der Waals surface area contributed by atoms with Crippen LogP contribution in [0.15, 0.2) is 51.4 Å². The van der Waals surface area contributed by atoms with Gasteiger partial charge in [0.1, 0.15) is 5.75 Å². The molecule has 0 radical (unpaired) electrons. The molecule has 20 heavy (non-hydrogen) atoms. The molecule has 2 aromatic carbocycles. The van der Waals surface area contributed by atoms with Crippen molar-refractivity contribution in [3.05, 3.63) is 62.5 Å². The number of hydrogen-bond acceptors (Lipinski definition) is 2. The van der Waals surface area contributed by atoms with Crippen molar-refractivity contribution in [1.29, 1.82) is 0 Å². The summed E-state index contributed by atoms with van der Waals surface area (Å²) in [6, 6.07) is 14.9. The van der Waals surface area contributed by atoms with Gasteiger partial charge in [-0.25, -0.2) is 0 Å². The van der Waals surface area contributed by atoms with Gasteiger partial charge in [-0.15, -0.1) is 0 Å². The lowest BCUT2D eigenvalue weighted by Gasteiger charge is -2.17. The highest BCUT2D eigenvalue weighted by atomic mass is 79.9. The number of halogens is 2. The first kappa shape index (κ1) is 15.5. The Morgan fingerprint density at radius 1 is 1.15 bits per heavy atom. The number of likely N-dealkylation sites (N-methyl/N-ethyl adjacent to an activating group) is 1. The van der Waals surface area contributed by atoms with Gasteiger partial charge in [-0.05, 0) is 64.8 Å². The van der Waals surface area contributed by atoms with Crippen molar-refractivity contribution in [2.75, 3.05) is 14.2 Å². The first-order valence-electron chi connectivity index (χ1n) is 6.39. The van der Waals surface area contributed by atoms with E-state index in [9.17, 15) is 0 Å². The van der Waals surface area contributed by atoms with Crippen LogP contribution in [0.25, 0.3) is 0 Å². The van der Waals surface area contributed by atoms with Crippen LogP contribution in [0, 0.1) is 0 Å². The number of rotatable bonds is 5. The Kier molecular flexibility index (Phi) is 5.64. The third kappa shape index (κ3) is 3.84. The van der Waals surface area contributed by atoms with Crippen molar-refractivity contribution < 1.29 is 4.74 Å². The van der Waals surface area contributed by atoms with Crippen molar-refractivity contribution in [3.8, 4) is 5.75 Å². The van der Waals surface area contributed by atoms with Gasteiger partial charge in [-0.1, -0.05) is 34.1 Å². The smallest absolute Gasteiger partial charge is 0.133 e. The lowest BCUT2D eigenvalue weighted by atomic mass is 9.99. The van der Waals surface area contributed by atoms with E-state index in [4.69, 9.17) is 4.74 Å². The molecule has 0 fully saturated rings. The van der Waals surface area contributed by atoms with Crippen LogP contribution in [-0.4, -0.2) is 14.2 Å². The summed E-state index contributed by atoms with van der Waals surface area (Å²) in [4.78, 5) is 0. The molecule has 1 atom stereocenters.